The van der Waals surface area contributed by atoms with Gasteiger partial charge in [-0.25, -0.2) is 0 Å². The first-order valence-electron chi connectivity index (χ1n) is 6.94. The van der Waals surface area contributed by atoms with E-state index in [1.54, 1.807) is 7.11 Å². The smallest absolute Gasteiger partial charge is 0.0589 e. The molecule has 1 fully saturated rings. The van der Waals surface area contributed by atoms with Crippen LogP contribution < -0.4 is 5.73 Å². The van der Waals surface area contributed by atoms with Crippen LogP contribution in [-0.2, 0) is 4.74 Å². The summed E-state index contributed by atoms with van der Waals surface area (Å²) in [5.41, 5.74) is 7.37. The predicted octanol–water partition coefficient (Wildman–Crippen LogP) is 2.84. The number of hydrogen-bond donors (Lipinski definition) is 1. The molecule has 1 aliphatic carbocycles. The van der Waals surface area contributed by atoms with Crippen molar-refractivity contribution >= 4 is 11.6 Å². The fourth-order valence-electron chi connectivity index (χ4n) is 2.33. The van der Waals surface area contributed by atoms with Crippen molar-refractivity contribution in [2.24, 2.45) is 5.73 Å². The van der Waals surface area contributed by atoms with E-state index < -0.39 is 0 Å². The van der Waals surface area contributed by atoms with Gasteiger partial charge < -0.3 is 10.5 Å². The molecular formula is C15H23ClN2O. The van der Waals surface area contributed by atoms with Gasteiger partial charge in [-0.05, 0) is 37.0 Å². The van der Waals surface area contributed by atoms with E-state index in [1.807, 2.05) is 24.3 Å². The Morgan fingerprint density at radius 1 is 1.42 bits per heavy atom. The fourth-order valence-corrected chi connectivity index (χ4v) is 2.53. The van der Waals surface area contributed by atoms with Crippen molar-refractivity contribution in [3.63, 3.8) is 0 Å². The molecule has 0 aromatic heterocycles. The van der Waals surface area contributed by atoms with Gasteiger partial charge in [0.1, 0.15) is 0 Å². The molecule has 4 heteroatoms. The highest BCUT2D eigenvalue weighted by molar-refractivity contribution is 6.30. The summed E-state index contributed by atoms with van der Waals surface area (Å²) in [6.07, 6.45) is 3.59. The van der Waals surface area contributed by atoms with Gasteiger partial charge >= 0.3 is 0 Å². The molecule has 0 spiro atoms. The minimum absolute atomic E-state index is 0.0579. The number of nitrogens with two attached hydrogens (primary N) is 1. The van der Waals surface area contributed by atoms with Gasteiger partial charge in [-0.1, -0.05) is 23.7 Å². The highest BCUT2D eigenvalue weighted by Crippen LogP contribution is 2.27. The second-order valence-electron chi connectivity index (χ2n) is 5.21. The van der Waals surface area contributed by atoms with E-state index in [0.717, 1.165) is 42.7 Å². The zero-order chi connectivity index (χ0) is 13.7. The number of ether oxygens (including phenoxy) is 1. The van der Waals surface area contributed by atoms with Gasteiger partial charge in [0.2, 0.25) is 0 Å². The van der Waals surface area contributed by atoms with Crippen LogP contribution >= 0.6 is 11.6 Å². The van der Waals surface area contributed by atoms with Crippen LogP contribution in [0.5, 0.6) is 0 Å². The molecule has 0 amide bonds. The second-order valence-corrected chi connectivity index (χ2v) is 5.65. The van der Waals surface area contributed by atoms with Crippen molar-refractivity contribution in [1.82, 2.24) is 4.90 Å². The number of rotatable bonds is 8. The van der Waals surface area contributed by atoms with E-state index in [-0.39, 0.29) is 6.04 Å². The van der Waals surface area contributed by atoms with Gasteiger partial charge in [0.25, 0.3) is 0 Å². The summed E-state index contributed by atoms with van der Waals surface area (Å²) >= 11 is 6.00. The molecule has 0 bridgehead atoms. The Balaban J connectivity index is 1.82. The van der Waals surface area contributed by atoms with Crippen LogP contribution in [0.15, 0.2) is 24.3 Å². The second kappa shape index (κ2) is 7.25. The molecule has 0 saturated heterocycles. The molecule has 1 aromatic rings. The number of halogens is 1. The maximum absolute atomic E-state index is 6.24. The largest absolute Gasteiger partial charge is 0.383 e. The molecule has 3 nitrogen and oxygen atoms in total. The lowest BCUT2D eigenvalue weighted by Gasteiger charge is -2.23. The Labute approximate surface area is 120 Å². The Kier molecular flexibility index (Phi) is 5.64. The van der Waals surface area contributed by atoms with E-state index in [4.69, 9.17) is 22.1 Å². The van der Waals surface area contributed by atoms with Crippen molar-refractivity contribution < 1.29 is 4.74 Å². The van der Waals surface area contributed by atoms with Crippen LogP contribution in [0.1, 0.15) is 30.9 Å². The van der Waals surface area contributed by atoms with Gasteiger partial charge in [-0.3, -0.25) is 4.90 Å². The first-order chi connectivity index (χ1) is 9.20. The molecule has 19 heavy (non-hydrogen) atoms. The molecule has 1 aromatic carbocycles. The highest BCUT2D eigenvalue weighted by Gasteiger charge is 2.28. The predicted molar refractivity (Wildman–Crippen MR) is 79.5 cm³/mol. The van der Waals surface area contributed by atoms with E-state index in [1.165, 1.54) is 12.8 Å². The molecule has 0 aliphatic heterocycles. The number of benzene rings is 1. The lowest BCUT2D eigenvalue weighted by molar-refractivity contribution is 0.141. The van der Waals surface area contributed by atoms with Crippen LogP contribution in [0.2, 0.25) is 5.02 Å². The monoisotopic (exact) mass is 282 g/mol. The Hall–Kier alpha value is -0.610. The number of hydrogen-bond acceptors (Lipinski definition) is 3. The summed E-state index contributed by atoms with van der Waals surface area (Å²) in [6, 6.07) is 8.66. The maximum Gasteiger partial charge on any atom is 0.0589 e. The zero-order valence-corrected chi connectivity index (χ0v) is 12.3. The molecule has 1 unspecified atom stereocenters. The summed E-state index contributed by atoms with van der Waals surface area (Å²) < 4.78 is 5.17. The topological polar surface area (TPSA) is 38.5 Å². The first-order valence-corrected chi connectivity index (χ1v) is 7.32. The van der Waals surface area contributed by atoms with Crippen molar-refractivity contribution in [3.8, 4) is 0 Å². The van der Waals surface area contributed by atoms with E-state index in [9.17, 15) is 0 Å². The van der Waals surface area contributed by atoms with Crippen LogP contribution in [-0.4, -0.2) is 37.7 Å². The average molecular weight is 283 g/mol. The van der Waals surface area contributed by atoms with E-state index in [0.29, 0.717) is 0 Å². The molecule has 106 valence electrons. The molecule has 2 N–H and O–H groups in total. The summed E-state index contributed by atoms with van der Waals surface area (Å²) in [6.45, 7) is 2.83. The fraction of sp³-hybridized carbons (Fsp3) is 0.600. The van der Waals surface area contributed by atoms with E-state index in [2.05, 4.69) is 4.90 Å². The molecule has 0 heterocycles. The third-order valence-electron chi connectivity index (χ3n) is 3.65. The molecular weight excluding hydrogens is 260 g/mol. The first kappa shape index (κ1) is 14.8. The van der Waals surface area contributed by atoms with Gasteiger partial charge in [0, 0.05) is 37.3 Å². The minimum Gasteiger partial charge on any atom is -0.383 e. The maximum atomic E-state index is 6.24. The molecule has 1 atom stereocenters. The van der Waals surface area contributed by atoms with Crippen LogP contribution in [0, 0.1) is 0 Å². The standard InChI is InChI=1S/C15H23ClN2O/c1-19-10-9-18(14-5-6-14)8-7-15(17)12-3-2-4-13(16)11-12/h2-4,11,14-15H,5-10,17H2,1H3. The van der Waals surface area contributed by atoms with Gasteiger partial charge in [0.05, 0.1) is 6.61 Å². The average Bonchev–Trinajstić information content (AvgIpc) is 3.23. The van der Waals surface area contributed by atoms with E-state index >= 15 is 0 Å². The van der Waals surface area contributed by atoms with Crippen molar-refractivity contribution in [2.75, 3.05) is 26.8 Å². The lowest BCUT2D eigenvalue weighted by atomic mass is 10.0. The summed E-state index contributed by atoms with van der Waals surface area (Å²) in [5, 5.41) is 0.756. The molecule has 2 rings (SSSR count). The number of nitrogens with zero attached hydrogens (tertiary/aromatic N) is 1. The highest BCUT2D eigenvalue weighted by atomic mass is 35.5. The normalized spacial score (nSPS) is 16.8. The Morgan fingerprint density at radius 3 is 2.84 bits per heavy atom. The molecule has 1 saturated carbocycles. The summed E-state index contributed by atoms with van der Waals surface area (Å²) in [4.78, 5) is 2.49. The molecule has 1 aliphatic rings. The van der Waals surface area contributed by atoms with Crippen molar-refractivity contribution in [2.45, 2.75) is 31.3 Å². The number of methoxy groups -OCH3 is 1. The lowest BCUT2D eigenvalue weighted by Crippen LogP contribution is -2.32. The van der Waals surface area contributed by atoms with Gasteiger partial charge in [0.15, 0.2) is 0 Å². The van der Waals surface area contributed by atoms with Crippen molar-refractivity contribution in [1.29, 1.82) is 0 Å². The zero-order valence-electron chi connectivity index (χ0n) is 11.5. The van der Waals surface area contributed by atoms with Crippen molar-refractivity contribution in [3.05, 3.63) is 34.9 Å². The minimum atomic E-state index is 0.0579. The third-order valence-corrected chi connectivity index (χ3v) is 3.89. The van der Waals surface area contributed by atoms with Crippen LogP contribution in [0.4, 0.5) is 0 Å². The molecule has 0 radical (unpaired) electrons. The Bertz CT molecular complexity index is 395. The summed E-state index contributed by atoms with van der Waals surface area (Å²) in [7, 11) is 1.75. The van der Waals surface area contributed by atoms with Gasteiger partial charge in [-0.2, -0.15) is 0 Å². The van der Waals surface area contributed by atoms with Crippen LogP contribution in [0.3, 0.4) is 0 Å². The summed E-state index contributed by atoms with van der Waals surface area (Å²) in [5.74, 6) is 0. The van der Waals surface area contributed by atoms with Gasteiger partial charge in [-0.15, -0.1) is 0 Å². The quantitative estimate of drug-likeness (QED) is 0.797. The third kappa shape index (κ3) is 4.77. The SMILES string of the molecule is COCCN(CCC(N)c1cccc(Cl)c1)C1CC1. The van der Waals surface area contributed by atoms with Crippen LogP contribution in [0.25, 0.3) is 0 Å². The Morgan fingerprint density at radius 2 is 2.21 bits per heavy atom.